The van der Waals surface area contributed by atoms with E-state index in [2.05, 4.69) is 16.0 Å². The van der Waals surface area contributed by atoms with E-state index in [1.165, 1.54) is 5.57 Å². The highest BCUT2D eigenvalue weighted by molar-refractivity contribution is 7.91. The fourth-order valence-corrected chi connectivity index (χ4v) is 5.68. The molecule has 2 aliphatic rings. The largest absolute Gasteiger partial charge is 0.445 e. The van der Waals surface area contributed by atoms with Gasteiger partial charge in [0.25, 0.3) is 5.91 Å². The number of aromatic nitrogens is 1. The average Bonchev–Trinajstić information content (AvgIpc) is 3.01. The molecule has 0 radical (unpaired) electrons. The SMILES string of the molecule is CC(C)=CCN1CCN(C(=O)c2nc(C)oc2C)C2CS(=O)(=O)CC21. The lowest BCUT2D eigenvalue weighted by atomic mass is 10.0. The minimum atomic E-state index is -3.15. The summed E-state index contributed by atoms with van der Waals surface area (Å²) in [7, 11) is -3.15. The molecule has 3 heterocycles. The number of allylic oxidation sites excluding steroid dienone is 1. The third-order valence-corrected chi connectivity index (χ3v) is 6.59. The lowest BCUT2D eigenvalue weighted by Gasteiger charge is -2.43. The van der Waals surface area contributed by atoms with E-state index in [9.17, 15) is 13.2 Å². The van der Waals surface area contributed by atoms with Crippen LogP contribution in [0, 0.1) is 13.8 Å². The fraction of sp³-hybridized carbons (Fsp3) is 0.647. The van der Waals surface area contributed by atoms with Crippen LogP contribution in [0.4, 0.5) is 0 Å². The Labute approximate surface area is 148 Å². The number of hydrogen-bond donors (Lipinski definition) is 0. The highest BCUT2D eigenvalue weighted by Gasteiger charge is 2.48. The van der Waals surface area contributed by atoms with Crippen LogP contribution in [0.2, 0.25) is 0 Å². The first-order valence-electron chi connectivity index (χ1n) is 8.51. The Kier molecular flexibility index (Phi) is 4.76. The number of sulfone groups is 1. The summed E-state index contributed by atoms with van der Waals surface area (Å²) in [4.78, 5) is 21.0. The third-order valence-electron chi connectivity index (χ3n) is 4.89. The average molecular weight is 367 g/mol. The highest BCUT2D eigenvalue weighted by Crippen LogP contribution is 2.28. The first-order valence-corrected chi connectivity index (χ1v) is 10.3. The van der Waals surface area contributed by atoms with E-state index in [-0.39, 0.29) is 29.5 Å². The summed E-state index contributed by atoms with van der Waals surface area (Å²) in [6.07, 6.45) is 2.10. The topological polar surface area (TPSA) is 83.7 Å². The Morgan fingerprint density at radius 1 is 1.24 bits per heavy atom. The van der Waals surface area contributed by atoms with Gasteiger partial charge in [-0.15, -0.1) is 0 Å². The van der Waals surface area contributed by atoms with Crippen molar-refractivity contribution in [1.29, 1.82) is 0 Å². The number of fused-ring (bicyclic) bond motifs is 1. The van der Waals surface area contributed by atoms with Gasteiger partial charge in [-0.2, -0.15) is 0 Å². The Balaban J connectivity index is 1.87. The summed E-state index contributed by atoms with van der Waals surface area (Å²) in [5.41, 5.74) is 1.49. The quantitative estimate of drug-likeness (QED) is 0.746. The molecule has 8 heteroatoms. The Bertz CT molecular complexity index is 808. The number of amides is 1. The van der Waals surface area contributed by atoms with E-state index in [0.29, 0.717) is 37.0 Å². The van der Waals surface area contributed by atoms with Crippen molar-refractivity contribution in [3.05, 3.63) is 29.0 Å². The van der Waals surface area contributed by atoms with Gasteiger partial charge in [-0.05, 0) is 20.8 Å². The molecule has 1 amide bonds. The molecule has 2 unspecified atom stereocenters. The molecule has 25 heavy (non-hydrogen) atoms. The van der Waals surface area contributed by atoms with Crippen molar-refractivity contribution in [2.45, 2.75) is 39.8 Å². The molecule has 1 aromatic heterocycles. The standard InChI is InChI=1S/C17H25N3O4S/c1-11(2)5-6-19-7-8-20(15-10-25(22,23)9-14(15)19)17(21)16-12(3)24-13(4)18-16/h5,14-15H,6-10H2,1-4H3. The molecule has 0 N–H and O–H groups in total. The number of piperazine rings is 1. The smallest absolute Gasteiger partial charge is 0.276 e. The van der Waals surface area contributed by atoms with Gasteiger partial charge >= 0.3 is 0 Å². The van der Waals surface area contributed by atoms with Gasteiger partial charge in [0, 0.05) is 32.6 Å². The lowest BCUT2D eigenvalue weighted by Crippen LogP contribution is -2.60. The van der Waals surface area contributed by atoms with Crippen LogP contribution in [0.3, 0.4) is 0 Å². The van der Waals surface area contributed by atoms with Crippen molar-refractivity contribution < 1.29 is 17.6 Å². The van der Waals surface area contributed by atoms with Crippen molar-refractivity contribution in [2.75, 3.05) is 31.1 Å². The number of nitrogens with zero attached hydrogens (tertiary/aromatic N) is 3. The summed E-state index contributed by atoms with van der Waals surface area (Å²) in [6, 6.07) is -0.486. The normalized spacial score (nSPS) is 25.7. The van der Waals surface area contributed by atoms with Gasteiger partial charge in [0.1, 0.15) is 5.76 Å². The van der Waals surface area contributed by atoms with Crippen LogP contribution in [0.5, 0.6) is 0 Å². The maximum Gasteiger partial charge on any atom is 0.276 e. The molecule has 0 saturated carbocycles. The van der Waals surface area contributed by atoms with Gasteiger partial charge in [-0.3, -0.25) is 9.69 Å². The maximum atomic E-state index is 12.9. The first kappa shape index (κ1) is 18.1. The zero-order valence-electron chi connectivity index (χ0n) is 15.2. The van der Waals surface area contributed by atoms with E-state index in [1.54, 1.807) is 18.7 Å². The number of hydrogen-bond acceptors (Lipinski definition) is 6. The van der Waals surface area contributed by atoms with Crippen molar-refractivity contribution in [2.24, 2.45) is 0 Å². The molecular formula is C17H25N3O4S. The van der Waals surface area contributed by atoms with E-state index < -0.39 is 9.84 Å². The Morgan fingerprint density at radius 3 is 2.52 bits per heavy atom. The van der Waals surface area contributed by atoms with E-state index >= 15 is 0 Å². The van der Waals surface area contributed by atoms with Crippen LogP contribution in [-0.2, 0) is 9.84 Å². The number of oxazole rings is 1. The van der Waals surface area contributed by atoms with E-state index in [4.69, 9.17) is 4.42 Å². The molecule has 0 bridgehead atoms. The molecule has 2 atom stereocenters. The lowest BCUT2D eigenvalue weighted by molar-refractivity contribution is 0.0362. The second kappa shape index (κ2) is 6.57. The summed E-state index contributed by atoms with van der Waals surface area (Å²) in [5.74, 6) is 0.813. The predicted molar refractivity (Wildman–Crippen MR) is 94.2 cm³/mol. The van der Waals surface area contributed by atoms with Crippen LogP contribution >= 0.6 is 0 Å². The fourth-order valence-electron chi connectivity index (χ4n) is 3.67. The number of aryl methyl sites for hydroxylation is 2. The molecule has 7 nitrogen and oxygen atoms in total. The summed E-state index contributed by atoms with van der Waals surface area (Å²) < 4.78 is 29.9. The first-order chi connectivity index (χ1) is 11.7. The van der Waals surface area contributed by atoms with Crippen LogP contribution < -0.4 is 0 Å². The van der Waals surface area contributed by atoms with Crippen LogP contribution in [-0.4, -0.2) is 72.3 Å². The summed E-state index contributed by atoms with van der Waals surface area (Å²) in [6.45, 7) is 9.32. The zero-order chi connectivity index (χ0) is 18.4. The van der Waals surface area contributed by atoms with Gasteiger partial charge in [-0.1, -0.05) is 11.6 Å². The van der Waals surface area contributed by atoms with E-state index in [1.807, 2.05) is 13.8 Å². The van der Waals surface area contributed by atoms with Crippen LogP contribution in [0.1, 0.15) is 36.0 Å². The highest BCUT2D eigenvalue weighted by atomic mass is 32.2. The van der Waals surface area contributed by atoms with Gasteiger partial charge in [0.2, 0.25) is 0 Å². The molecular weight excluding hydrogens is 342 g/mol. The molecule has 2 aliphatic heterocycles. The number of carbonyl (C=O) groups is 1. The molecule has 1 aromatic rings. The van der Waals surface area contributed by atoms with E-state index in [0.717, 1.165) is 0 Å². The Morgan fingerprint density at radius 2 is 1.92 bits per heavy atom. The molecule has 0 spiro atoms. The second-order valence-electron chi connectivity index (χ2n) is 7.12. The number of carbonyl (C=O) groups excluding carboxylic acids is 1. The third kappa shape index (κ3) is 3.64. The minimum absolute atomic E-state index is 0.0185. The summed E-state index contributed by atoms with van der Waals surface area (Å²) >= 11 is 0. The van der Waals surface area contributed by atoms with Crippen molar-refractivity contribution in [3.8, 4) is 0 Å². The van der Waals surface area contributed by atoms with Crippen molar-refractivity contribution in [3.63, 3.8) is 0 Å². The van der Waals surface area contributed by atoms with Crippen LogP contribution in [0.15, 0.2) is 16.1 Å². The molecule has 3 rings (SSSR count). The van der Waals surface area contributed by atoms with Crippen molar-refractivity contribution in [1.82, 2.24) is 14.8 Å². The molecule has 0 aromatic carbocycles. The van der Waals surface area contributed by atoms with Gasteiger partial charge < -0.3 is 9.32 Å². The van der Waals surface area contributed by atoms with Crippen LogP contribution in [0.25, 0.3) is 0 Å². The predicted octanol–water partition coefficient (Wildman–Crippen LogP) is 1.18. The Hall–Kier alpha value is -1.67. The maximum absolute atomic E-state index is 12.9. The molecule has 0 aliphatic carbocycles. The van der Waals surface area contributed by atoms with Crippen molar-refractivity contribution >= 4 is 15.7 Å². The molecule has 138 valence electrons. The minimum Gasteiger partial charge on any atom is -0.445 e. The second-order valence-corrected chi connectivity index (χ2v) is 9.28. The van der Waals surface area contributed by atoms with Gasteiger partial charge in [0.15, 0.2) is 21.4 Å². The van der Waals surface area contributed by atoms with Gasteiger partial charge in [0.05, 0.1) is 17.5 Å². The molecule has 2 fully saturated rings. The molecule has 2 saturated heterocycles. The monoisotopic (exact) mass is 367 g/mol. The zero-order valence-corrected chi connectivity index (χ0v) is 16.0. The summed E-state index contributed by atoms with van der Waals surface area (Å²) in [5, 5.41) is 0. The van der Waals surface area contributed by atoms with Gasteiger partial charge in [-0.25, -0.2) is 13.4 Å². The number of rotatable bonds is 3.